The van der Waals surface area contributed by atoms with Gasteiger partial charge in [0.15, 0.2) is 0 Å². The summed E-state index contributed by atoms with van der Waals surface area (Å²) in [6.45, 7) is 9.17. The van der Waals surface area contributed by atoms with E-state index in [0.29, 0.717) is 12.3 Å². The Labute approximate surface area is 169 Å². The van der Waals surface area contributed by atoms with Crippen LogP contribution in [0, 0.1) is 12.8 Å². The lowest BCUT2D eigenvalue weighted by molar-refractivity contribution is 0.0180. The van der Waals surface area contributed by atoms with E-state index in [-0.39, 0.29) is 17.6 Å². The number of nitrogens with zero attached hydrogens (tertiary/aromatic N) is 1. The fourth-order valence-electron chi connectivity index (χ4n) is 3.21. The molecule has 0 N–H and O–H groups in total. The van der Waals surface area contributed by atoms with Gasteiger partial charge in [0, 0.05) is 13.1 Å². The molecule has 6 nitrogen and oxygen atoms in total. The quantitative estimate of drug-likeness (QED) is 0.487. The smallest absolute Gasteiger partial charge is 0.410 e. The lowest BCUT2D eigenvalue weighted by Gasteiger charge is -2.33. The minimum absolute atomic E-state index is 0.201. The molecule has 1 fully saturated rings. The van der Waals surface area contributed by atoms with Crippen molar-refractivity contribution in [3.8, 4) is 0 Å². The molecular formula is C21H33NO5S. The van der Waals surface area contributed by atoms with Gasteiger partial charge in [-0.25, -0.2) is 4.79 Å². The number of hydrogen-bond acceptors (Lipinski definition) is 5. The largest absolute Gasteiger partial charge is 0.444 e. The van der Waals surface area contributed by atoms with Gasteiger partial charge in [-0.3, -0.25) is 4.18 Å². The van der Waals surface area contributed by atoms with E-state index in [0.717, 1.165) is 44.3 Å². The van der Waals surface area contributed by atoms with Gasteiger partial charge in [-0.15, -0.1) is 0 Å². The number of unbranched alkanes of at least 4 members (excludes halogenated alkanes) is 1. The molecule has 1 amide bonds. The van der Waals surface area contributed by atoms with Crippen molar-refractivity contribution in [3.63, 3.8) is 0 Å². The monoisotopic (exact) mass is 411 g/mol. The summed E-state index contributed by atoms with van der Waals surface area (Å²) in [5.41, 5.74) is 0.545. The highest BCUT2D eigenvalue weighted by molar-refractivity contribution is 7.86. The van der Waals surface area contributed by atoms with Crippen molar-refractivity contribution < 1.29 is 22.1 Å². The van der Waals surface area contributed by atoms with Gasteiger partial charge in [0.1, 0.15) is 5.60 Å². The molecule has 7 heteroatoms. The first-order chi connectivity index (χ1) is 13.1. The molecule has 1 aromatic rings. The Morgan fingerprint density at radius 3 is 2.29 bits per heavy atom. The summed E-state index contributed by atoms with van der Waals surface area (Å²) >= 11 is 0. The van der Waals surface area contributed by atoms with E-state index < -0.39 is 15.7 Å². The lowest BCUT2D eigenvalue weighted by atomic mass is 9.92. The van der Waals surface area contributed by atoms with E-state index in [4.69, 9.17) is 8.92 Å². The molecule has 1 aliphatic rings. The summed E-state index contributed by atoms with van der Waals surface area (Å²) in [4.78, 5) is 14.1. The first-order valence-electron chi connectivity index (χ1n) is 10.0. The molecule has 0 atom stereocenters. The zero-order valence-electron chi connectivity index (χ0n) is 17.4. The Kier molecular flexibility index (Phi) is 7.89. The van der Waals surface area contributed by atoms with Crippen molar-refractivity contribution in [1.82, 2.24) is 4.90 Å². The molecule has 28 heavy (non-hydrogen) atoms. The van der Waals surface area contributed by atoms with Crippen LogP contribution in [0.2, 0.25) is 0 Å². The number of likely N-dealkylation sites (tertiary alicyclic amines) is 1. The molecular weight excluding hydrogens is 378 g/mol. The Morgan fingerprint density at radius 1 is 1.11 bits per heavy atom. The summed E-state index contributed by atoms with van der Waals surface area (Å²) in [5, 5.41) is 0. The second kappa shape index (κ2) is 9.74. The Morgan fingerprint density at radius 2 is 1.71 bits per heavy atom. The van der Waals surface area contributed by atoms with Crippen LogP contribution in [-0.2, 0) is 19.0 Å². The maximum Gasteiger partial charge on any atom is 0.410 e. The number of carbonyl (C=O) groups is 1. The Hall–Kier alpha value is -1.60. The van der Waals surface area contributed by atoms with Crippen molar-refractivity contribution in [1.29, 1.82) is 0 Å². The normalized spacial score (nSPS) is 16.2. The van der Waals surface area contributed by atoms with Crippen LogP contribution in [0.15, 0.2) is 29.2 Å². The second-order valence-corrected chi connectivity index (χ2v) is 10.1. The van der Waals surface area contributed by atoms with E-state index in [1.807, 2.05) is 27.7 Å². The summed E-state index contributed by atoms with van der Waals surface area (Å²) in [7, 11) is -3.67. The van der Waals surface area contributed by atoms with Crippen LogP contribution in [0.4, 0.5) is 4.79 Å². The molecule has 1 aromatic carbocycles. The van der Waals surface area contributed by atoms with E-state index >= 15 is 0 Å². The molecule has 0 aromatic heterocycles. The number of piperidine rings is 1. The molecule has 1 saturated heterocycles. The first-order valence-corrected chi connectivity index (χ1v) is 11.4. The molecule has 0 radical (unpaired) electrons. The number of aryl methyl sites for hydroxylation is 1. The van der Waals surface area contributed by atoms with Gasteiger partial charge in [0.2, 0.25) is 0 Å². The van der Waals surface area contributed by atoms with Crippen LogP contribution in [0.3, 0.4) is 0 Å². The molecule has 0 spiro atoms. The van der Waals surface area contributed by atoms with Crippen molar-refractivity contribution >= 4 is 16.2 Å². The predicted octanol–water partition coefficient (Wildman–Crippen LogP) is 4.52. The van der Waals surface area contributed by atoms with E-state index in [9.17, 15) is 13.2 Å². The van der Waals surface area contributed by atoms with E-state index in [1.165, 1.54) is 0 Å². The van der Waals surface area contributed by atoms with Crippen molar-refractivity contribution in [2.45, 2.75) is 70.3 Å². The SMILES string of the molecule is Cc1ccc(S(=O)(=O)OCCCCC2CCN(C(=O)OC(C)(C)C)CC2)cc1. The Bertz CT molecular complexity index is 729. The molecule has 1 aliphatic heterocycles. The van der Waals surface area contributed by atoms with Gasteiger partial charge in [0.25, 0.3) is 10.1 Å². The van der Waals surface area contributed by atoms with Crippen LogP contribution in [0.5, 0.6) is 0 Å². The van der Waals surface area contributed by atoms with E-state index in [2.05, 4.69) is 0 Å². The third-order valence-corrected chi connectivity index (χ3v) is 6.15. The summed E-state index contributed by atoms with van der Waals surface area (Å²) in [6, 6.07) is 6.67. The summed E-state index contributed by atoms with van der Waals surface area (Å²) in [6.07, 6.45) is 4.33. The number of hydrogen-bond donors (Lipinski definition) is 0. The summed E-state index contributed by atoms with van der Waals surface area (Å²) < 4.78 is 34.8. The fourth-order valence-corrected chi connectivity index (χ4v) is 4.15. The standard InChI is InChI=1S/C21H33NO5S/c1-17-8-10-19(11-9-17)28(24,25)26-16-6-5-7-18-12-14-22(15-13-18)20(23)27-21(2,3)4/h8-11,18H,5-7,12-16H2,1-4H3. The maximum absolute atomic E-state index is 12.1. The van der Waals surface area contributed by atoms with Crippen LogP contribution in [-0.4, -0.2) is 44.7 Å². The van der Waals surface area contributed by atoms with Crippen LogP contribution >= 0.6 is 0 Å². The molecule has 0 unspecified atom stereocenters. The number of benzene rings is 1. The zero-order valence-corrected chi connectivity index (χ0v) is 18.3. The van der Waals surface area contributed by atoms with Gasteiger partial charge in [-0.2, -0.15) is 8.42 Å². The minimum atomic E-state index is -3.67. The van der Waals surface area contributed by atoms with Crippen molar-refractivity contribution in [2.24, 2.45) is 5.92 Å². The predicted molar refractivity (Wildman–Crippen MR) is 109 cm³/mol. The number of rotatable bonds is 7. The van der Waals surface area contributed by atoms with Crippen LogP contribution < -0.4 is 0 Å². The Balaban J connectivity index is 1.63. The molecule has 0 saturated carbocycles. The van der Waals surface area contributed by atoms with Crippen LogP contribution in [0.25, 0.3) is 0 Å². The average molecular weight is 412 g/mol. The van der Waals surface area contributed by atoms with Gasteiger partial charge in [-0.05, 0) is 65.0 Å². The third kappa shape index (κ3) is 7.43. The number of carbonyl (C=O) groups excluding carboxylic acids is 1. The molecule has 2 rings (SSSR count). The van der Waals surface area contributed by atoms with Gasteiger partial charge < -0.3 is 9.64 Å². The second-order valence-electron chi connectivity index (χ2n) is 8.50. The van der Waals surface area contributed by atoms with Crippen molar-refractivity contribution in [3.05, 3.63) is 29.8 Å². The van der Waals surface area contributed by atoms with Crippen molar-refractivity contribution in [2.75, 3.05) is 19.7 Å². The van der Waals surface area contributed by atoms with Crippen LogP contribution in [0.1, 0.15) is 58.4 Å². The highest BCUT2D eigenvalue weighted by Crippen LogP contribution is 2.24. The highest BCUT2D eigenvalue weighted by atomic mass is 32.2. The first kappa shape index (κ1) is 22.7. The molecule has 1 heterocycles. The molecule has 0 aliphatic carbocycles. The fraction of sp³-hybridized carbons (Fsp3) is 0.667. The summed E-state index contributed by atoms with van der Waals surface area (Å²) in [5.74, 6) is 0.562. The maximum atomic E-state index is 12.1. The molecule has 0 bridgehead atoms. The molecule has 158 valence electrons. The minimum Gasteiger partial charge on any atom is -0.444 e. The lowest BCUT2D eigenvalue weighted by Crippen LogP contribution is -2.41. The average Bonchev–Trinajstić information content (AvgIpc) is 2.61. The number of amides is 1. The van der Waals surface area contributed by atoms with Gasteiger partial charge in [0.05, 0.1) is 11.5 Å². The van der Waals surface area contributed by atoms with E-state index in [1.54, 1.807) is 29.2 Å². The highest BCUT2D eigenvalue weighted by Gasteiger charge is 2.26. The van der Waals surface area contributed by atoms with Gasteiger partial charge in [-0.1, -0.05) is 30.5 Å². The zero-order chi connectivity index (χ0) is 20.8. The number of ether oxygens (including phenoxy) is 1. The van der Waals surface area contributed by atoms with Gasteiger partial charge >= 0.3 is 6.09 Å². The topological polar surface area (TPSA) is 72.9 Å². The third-order valence-electron chi connectivity index (χ3n) is 4.82.